The zero-order valence-corrected chi connectivity index (χ0v) is 24.2. The first-order valence-electron chi connectivity index (χ1n) is 14.9. The van der Waals surface area contributed by atoms with Crippen LogP contribution in [0.4, 0.5) is 5.69 Å². The predicted molar refractivity (Wildman–Crippen MR) is 158 cm³/mol. The molecule has 0 spiro atoms. The molecule has 1 saturated carbocycles. The third-order valence-corrected chi connectivity index (χ3v) is 8.95. The SMILES string of the molecule is Cc1ccc(C(=O)N=C2Cc3ccc(CN4CCCCC4)cc3N2C2CCC(C(=O)N(C)C(C)C)CC2)cc1. The minimum atomic E-state index is -0.182. The molecule has 2 aromatic carbocycles. The number of aryl methyl sites for hydroxylation is 1. The monoisotopic (exact) mass is 528 g/mol. The van der Waals surface area contributed by atoms with Crippen LogP contribution < -0.4 is 4.90 Å². The molecule has 2 aliphatic heterocycles. The minimum absolute atomic E-state index is 0.0794. The van der Waals surface area contributed by atoms with E-state index in [0.717, 1.165) is 43.6 Å². The molecule has 6 heteroatoms. The zero-order valence-electron chi connectivity index (χ0n) is 24.2. The zero-order chi connectivity index (χ0) is 27.5. The van der Waals surface area contributed by atoms with Crippen molar-refractivity contribution in [3.63, 3.8) is 0 Å². The maximum absolute atomic E-state index is 13.2. The summed E-state index contributed by atoms with van der Waals surface area (Å²) in [6.45, 7) is 9.47. The molecule has 1 aliphatic carbocycles. The van der Waals surface area contributed by atoms with Crippen LogP contribution in [0.5, 0.6) is 0 Å². The highest BCUT2D eigenvalue weighted by Crippen LogP contribution is 2.38. The maximum atomic E-state index is 13.2. The first kappa shape index (κ1) is 27.6. The van der Waals surface area contributed by atoms with Crippen LogP contribution in [0.3, 0.4) is 0 Å². The van der Waals surface area contributed by atoms with Gasteiger partial charge in [-0.1, -0.05) is 36.2 Å². The Hall–Kier alpha value is -2.99. The second-order valence-electron chi connectivity index (χ2n) is 12.1. The Morgan fingerprint density at radius 3 is 2.33 bits per heavy atom. The molecule has 0 bridgehead atoms. The van der Waals surface area contributed by atoms with Gasteiger partial charge in [0.1, 0.15) is 5.84 Å². The van der Waals surface area contributed by atoms with Gasteiger partial charge >= 0.3 is 0 Å². The third-order valence-electron chi connectivity index (χ3n) is 8.95. The lowest BCUT2D eigenvalue weighted by molar-refractivity contribution is -0.136. The number of hydrogen-bond donors (Lipinski definition) is 0. The molecular formula is C33H44N4O2. The number of nitrogens with zero attached hydrogens (tertiary/aromatic N) is 4. The Labute approximate surface area is 234 Å². The molecule has 2 heterocycles. The second-order valence-corrected chi connectivity index (χ2v) is 12.1. The summed E-state index contributed by atoms with van der Waals surface area (Å²) >= 11 is 0. The van der Waals surface area contributed by atoms with E-state index in [1.165, 1.54) is 49.2 Å². The van der Waals surface area contributed by atoms with Crippen molar-refractivity contribution >= 4 is 23.3 Å². The summed E-state index contributed by atoms with van der Waals surface area (Å²) in [5.74, 6) is 1.01. The number of amides is 2. The van der Waals surface area contributed by atoms with Crippen LogP contribution in [0, 0.1) is 12.8 Å². The molecule has 3 aliphatic rings. The van der Waals surface area contributed by atoms with E-state index in [1.807, 2.05) is 43.1 Å². The van der Waals surface area contributed by atoms with Crippen LogP contribution in [0.15, 0.2) is 47.5 Å². The van der Waals surface area contributed by atoms with Gasteiger partial charge in [0, 0.05) is 49.3 Å². The van der Waals surface area contributed by atoms with Gasteiger partial charge in [0.05, 0.1) is 0 Å². The molecule has 208 valence electrons. The van der Waals surface area contributed by atoms with Crippen molar-refractivity contribution in [2.45, 2.75) is 90.8 Å². The fraction of sp³-hybridized carbons (Fsp3) is 0.545. The van der Waals surface area contributed by atoms with Crippen LogP contribution in [0.1, 0.15) is 85.8 Å². The lowest BCUT2D eigenvalue weighted by Crippen LogP contribution is -2.44. The number of carbonyl (C=O) groups excluding carboxylic acids is 2. The highest BCUT2D eigenvalue weighted by Gasteiger charge is 2.37. The molecule has 0 N–H and O–H groups in total. The summed E-state index contributed by atoms with van der Waals surface area (Å²) in [4.78, 5) is 37.8. The fourth-order valence-corrected chi connectivity index (χ4v) is 6.35. The molecule has 0 unspecified atom stereocenters. The normalized spacial score (nSPS) is 22.8. The quantitative estimate of drug-likeness (QED) is 0.461. The number of amidine groups is 1. The first-order chi connectivity index (χ1) is 18.8. The Morgan fingerprint density at radius 1 is 0.974 bits per heavy atom. The van der Waals surface area contributed by atoms with Crippen molar-refractivity contribution in [3.8, 4) is 0 Å². The van der Waals surface area contributed by atoms with Crippen LogP contribution in [0.2, 0.25) is 0 Å². The topological polar surface area (TPSA) is 56.2 Å². The van der Waals surface area contributed by atoms with Crippen LogP contribution in [-0.4, -0.2) is 59.7 Å². The lowest BCUT2D eigenvalue weighted by atomic mass is 9.84. The van der Waals surface area contributed by atoms with E-state index in [4.69, 9.17) is 4.99 Å². The van der Waals surface area contributed by atoms with Gasteiger partial charge in [-0.05, 0) is 102 Å². The molecule has 39 heavy (non-hydrogen) atoms. The van der Waals surface area contributed by atoms with Gasteiger partial charge in [-0.3, -0.25) is 14.5 Å². The number of piperidine rings is 1. The van der Waals surface area contributed by atoms with E-state index < -0.39 is 0 Å². The number of hydrogen-bond acceptors (Lipinski definition) is 3. The Balaban J connectivity index is 1.40. The van der Waals surface area contributed by atoms with Crippen LogP contribution in [-0.2, 0) is 17.8 Å². The Kier molecular flexibility index (Phi) is 8.51. The van der Waals surface area contributed by atoms with E-state index in [9.17, 15) is 9.59 Å². The summed E-state index contributed by atoms with van der Waals surface area (Å²) in [7, 11) is 1.92. The number of likely N-dealkylation sites (tertiary alicyclic amines) is 1. The summed E-state index contributed by atoms with van der Waals surface area (Å²) in [6, 6.07) is 15.0. The number of aliphatic imine (C=N–C) groups is 1. The van der Waals surface area contributed by atoms with Gasteiger partial charge < -0.3 is 9.80 Å². The summed E-state index contributed by atoms with van der Waals surface area (Å²) in [5.41, 5.74) is 5.53. The van der Waals surface area contributed by atoms with Gasteiger partial charge in [0.15, 0.2) is 0 Å². The molecule has 0 atom stereocenters. The minimum Gasteiger partial charge on any atom is -0.343 e. The number of carbonyl (C=O) groups is 2. The summed E-state index contributed by atoms with van der Waals surface area (Å²) in [5, 5.41) is 0. The second kappa shape index (κ2) is 12.0. The van der Waals surface area contributed by atoms with Gasteiger partial charge in [-0.25, -0.2) is 0 Å². The standard InChI is InChI=1S/C33H44N4O2/c1-23(2)35(4)33(39)27-14-16-29(17-15-27)37-30-20-25(22-36-18-6-5-7-19-36)10-13-28(30)21-31(37)34-32(38)26-11-8-24(3)9-12-26/h8-13,20,23,27,29H,5-7,14-19,21-22H2,1-4H3. The number of anilines is 1. The average molecular weight is 529 g/mol. The molecule has 0 radical (unpaired) electrons. The average Bonchev–Trinajstić information content (AvgIpc) is 3.30. The van der Waals surface area contributed by atoms with Gasteiger partial charge in [-0.2, -0.15) is 4.99 Å². The molecule has 6 nitrogen and oxygen atoms in total. The summed E-state index contributed by atoms with van der Waals surface area (Å²) in [6.07, 6.45) is 8.17. The van der Waals surface area contributed by atoms with Gasteiger partial charge in [0.25, 0.3) is 5.91 Å². The lowest BCUT2D eigenvalue weighted by Gasteiger charge is -2.37. The van der Waals surface area contributed by atoms with E-state index in [1.54, 1.807) is 0 Å². The molecule has 1 saturated heterocycles. The number of fused-ring (bicyclic) bond motifs is 1. The predicted octanol–water partition coefficient (Wildman–Crippen LogP) is 6.01. The Bertz CT molecular complexity index is 1200. The van der Waals surface area contributed by atoms with E-state index in [-0.39, 0.29) is 29.8 Å². The highest BCUT2D eigenvalue weighted by atomic mass is 16.2. The summed E-state index contributed by atoms with van der Waals surface area (Å²) < 4.78 is 0. The Morgan fingerprint density at radius 2 is 1.67 bits per heavy atom. The van der Waals surface area contributed by atoms with Crippen LogP contribution >= 0.6 is 0 Å². The van der Waals surface area contributed by atoms with Crippen molar-refractivity contribution in [2.24, 2.45) is 10.9 Å². The highest BCUT2D eigenvalue weighted by molar-refractivity contribution is 6.12. The largest absolute Gasteiger partial charge is 0.343 e. The van der Waals surface area contributed by atoms with Gasteiger partial charge in [-0.15, -0.1) is 0 Å². The van der Waals surface area contributed by atoms with Crippen molar-refractivity contribution in [1.29, 1.82) is 0 Å². The molecule has 2 aromatic rings. The molecule has 2 amide bonds. The molecule has 0 aromatic heterocycles. The van der Waals surface area contributed by atoms with E-state index in [2.05, 4.69) is 41.8 Å². The van der Waals surface area contributed by atoms with Crippen molar-refractivity contribution in [3.05, 3.63) is 64.7 Å². The molecule has 5 rings (SSSR count). The number of benzene rings is 2. The van der Waals surface area contributed by atoms with E-state index in [0.29, 0.717) is 12.0 Å². The van der Waals surface area contributed by atoms with Gasteiger partial charge in [0.2, 0.25) is 5.91 Å². The third kappa shape index (κ3) is 6.27. The van der Waals surface area contributed by atoms with Crippen molar-refractivity contribution in [2.75, 3.05) is 25.0 Å². The van der Waals surface area contributed by atoms with Crippen molar-refractivity contribution in [1.82, 2.24) is 9.80 Å². The smallest absolute Gasteiger partial charge is 0.278 e. The maximum Gasteiger partial charge on any atom is 0.278 e. The molecular weight excluding hydrogens is 484 g/mol. The van der Waals surface area contributed by atoms with Crippen LogP contribution in [0.25, 0.3) is 0 Å². The van der Waals surface area contributed by atoms with E-state index >= 15 is 0 Å². The van der Waals surface area contributed by atoms with Crippen molar-refractivity contribution < 1.29 is 9.59 Å². The number of rotatable bonds is 6. The fourth-order valence-electron chi connectivity index (χ4n) is 6.35. The first-order valence-corrected chi connectivity index (χ1v) is 14.9. The molecule has 2 fully saturated rings.